The zero-order chi connectivity index (χ0) is 19.0. The summed E-state index contributed by atoms with van der Waals surface area (Å²) in [5, 5.41) is 13.8. The number of halogens is 2. The van der Waals surface area contributed by atoms with Gasteiger partial charge in [0.2, 0.25) is 5.91 Å². The van der Waals surface area contributed by atoms with E-state index in [4.69, 9.17) is 0 Å². The van der Waals surface area contributed by atoms with E-state index >= 15 is 0 Å². The summed E-state index contributed by atoms with van der Waals surface area (Å²) in [6.07, 6.45) is -0.245. The van der Waals surface area contributed by atoms with Gasteiger partial charge in [-0.05, 0) is 36.2 Å². The number of rotatable bonds is 4. The van der Waals surface area contributed by atoms with E-state index in [1.54, 1.807) is 6.92 Å². The van der Waals surface area contributed by atoms with Crippen LogP contribution in [0.15, 0.2) is 36.4 Å². The molecule has 2 aromatic rings. The number of aromatic carboxylic acids is 1. The van der Waals surface area contributed by atoms with Gasteiger partial charge in [0.1, 0.15) is 17.7 Å². The van der Waals surface area contributed by atoms with Gasteiger partial charge in [-0.25, -0.2) is 13.7 Å². The van der Waals surface area contributed by atoms with Crippen LogP contribution in [-0.4, -0.2) is 23.8 Å². The summed E-state index contributed by atoms with van der Waals surface area (Å²) in [7, 11) is 0. The maximum atomic E-state index is 13.9. The highest BCUT2D eigenvalue weighted by atomic mass is 19.1. The van der Waals surface area contributed by atoms with E-state index in [1.165, 1.54) is 18.2 Å². The number of carboxylic acids is 1. The number of imide groups is 1. The van der Waals surface area contributed by atoms with Crippen LogP contribution in [0.25, 0.3) is 0 Å². The number of hydrogen-bond acceptors (Lipinski definition) is 5. The molecule has 0 aromatic heterocycles. The summed E-state index contributed by atoms with van der Waals surface area (Å²) in [4.78, 5) is 36.4. The molecule has 0 radical (unpaired) electrons. The molecule has 1 heterocycles. The number of carboxylic acid groups (broad SMARTS) is 1. The van der Waals surface area contributed by atoms with Crippen LogP contribution in [0.4, 0.5) is 20.2 Å². The van der Waals surface area contributed by atoms with Gasteiger partial charge in [-0.15, -0.1) is 0 Å². The average Bonchev–Trinajstić information content (AvgIpc) is 2.84. The first kappa shape index (κ1) is 17.5. The lowest BCUT2D eigenvalue weighted by Crippen LogP contribution is -2.35. The topological polar surface area (TPSA) is 89.5 Å². The normalized spacial score (nSPS) is 16.9. The molecule has 0 aliphatic carbocycles. The number of nitrogens with zero attached hydrogens (tertiary/aromatic N) is 1. The summed E-state index contributed by atoms with van der Waals surface area (Å²) in [5.74, 6) is -4.58. The molecule has 26 heavy (non-hydrogen) atoms. The van der Waals surface area contributed by atoms with Crippen LogP contribution >= 0.6 is 0 Å². The minimum atomic E-state index is -1.38. The first-order valence-corrected chi connectivity index (χ1v) is 7.68. The molecule has 0 unspecified atom stereocenters. The second-order valence-electron chi connectivity index (χ2n) is 5.88. The van der Waals surface area contributed by atoms with Gasteiger partial charge >= 0.3 is 0 Å². The van der Waals surface area contributed by atoms with E-state index < -0.39 is 35.5 Å². The van der Waals surface area contributed by atoms with Gasteiger partial charge in [-0.3, -0.25) is 9.59 Å². The Morgan fingerprint density at radius 2 is 1.92 bits per heavy atom. The largest absolute Gasteiger partial charge is 0.545 e. The zero-order valence-electron chi connectivity index (χ0n) is 13.6. The van der Waals surface area contributed by atoms with E-state index in [0.717, 1.165) is 12.1 Å². The highest BCUT2D eigenvalue weighted by Crippen LogP contribution is 2.28. The van der Waals surface area contributed by atoms with Crippen LogP contribution in [0.3, 0.4) is 0 Å². The molecule has 1 aliphatic heterocycles. The fourth-order valence-electron chi connectivity index (χ4n) is 2.75. The van der Waals surface area contributed by atoms with Crippen molar-refractivity contribution in [2.45, 2.75) is 19.4 Å². The van der Waals surface area contributed by atoms with Gasteiger partial charge in [0, 0.05) is 11.8 Å². The molecule has 1 atom stereocenters. The Balaban J connectivity index is 1.88. The highest BCUT2D eigenvalue weighted by molar-refractivity contribution is 6.23. The highest BCUT2D eigenvalue weighted by Gasteiger charge is 2.40. The van der Waals surface area contributed by atoms with Crippen LogP contribution in [-0.2, 0) is 9.59 Å². The Bertz CT molecular complexity index is 929. The molecule has 1 saturated heterocycles. The molecule has 1 N–H and O–H groups in total. The van der Waals surface area contributed by atoms with Crippen molar-refractivity contribution >= 4 is 29.2 Å². The molecule has 0 spiro atoms. The maximum Gasteiger partial charge on any atom is 0.256 e. The van der Waals surface area contributed by atoms with Crippen LogP contribution in [0.2, 0.25) is 0 Å². The van der Waals surface area contributed by atoms with E-state index in [2.05, 4.69) is 5.32 Å². The molecule has 2 aromatic carbocycles. The minimum absolute atomic E-state index is 0.0868. The molecule has 134 valence electrons. The summed E-state index contributed by atoms with van der Waals surface area (Å²) < 4.78 is 27.0. The second-order valence-corrected chi connectivity index (χ2v) is 5.88. The van der Waals surface area contributed by atoms with Crippen LogP contribution in [0, 0.1) is 18.6 Å². The Morgan fingerprint density at radius 1 is 1.19 bits per heavy atom. The van der Waals surface area contributed by atoms with Crippen molar-refractivity contribution in [3.63, 3.8) is 0 Å². The maximum absolute atomic E-state index is 13.9. The fourth-order valence-corrected chi connectivity index (χ4v) is 2.75. The van der Waals surface area contributed by atoms with Crippen molar-refractivity contribution in [1.29, 1.82) is 0 Å². The Labute approximate surface area is 147 Å². The summed E-state index contributed by atoms with van der Waals surface area (Å²) in [6, 6.07) is 5.75. The SMILES string of the molecule is Cc1ccc(C(=O)[O-])cc1N[C@@H]1CC(=O)N(c2ccc(F)cc2F)C1=O. The number of benzene rings is 2. The fraction of sp³-hybridized carbons (Fsp3) is 0.167. The second kappa shape index (κ2) is 6.55. The molecular formula is C18H13F2N2O4-. The summed E-state index contributed by atoms with van der Waals surface area (Å²) in [5.41, 5.74) is 0.586. The van der Waals surface area contributed by atoms with Crippen molar-refractivity contribution < 1.29 is 28.3 Å². The van der Waals surface area contributed by atoms with Crippen molar-refractivity contribution in [3.05, 3.63) is 59.2 Å². The Morgan fingerprint density at radius 3 is 2.58 bits per heavy atom. The average molecular weight is 359 g/mol. The van der Waals surface area contributed by atoms with E-state index in [1.807, 2.05) is 0 Å². The van der Waals surface area contributed by atoms with E-state index in [0.29, 0.717) is 22.2 Å². The zero-order valence-corrected chi connectivity index (χ0v) is 13.6. The molecule has 1 aliphatic rings. The number of carbonyl (C=O) groups excluding carboxylic acids is 3. The molecule has 8 heteroatoms. The molecule has 6 nitrogen and oxygen atoms in total. The Hall–Kier alpha value is -3.29. The third kappa shape index (κ3) is 3.13. The molecular weight excluding hydrogens is 346 g/mol. The number of anilines is 2. The number of aryl methyl sites for hydroxylation is 1. The summed E-state index contributed by atoms with van der Waals surface area (Å²) in [6.45, 7) is 1.69. The van der Waals surface area contributed by atoms with Gasteiger partial charge in [0.25, 0.3) is 5.91 Å². The van der Waals surface area contributed by atoms with E-state index in [-0.39, 0.29) is 17.7 Å². The third-order valence-corrected chi connectivity index (χ3v) is 4.10. The van der Waals surface area contributed by atoms with Crippen molar-refractivity contribution in [2.24, 2.45) is 0 Å². The predicted octanol–water partition coefficient (Wildman–Crippen LogP) is 1.38. The lowest BCUT2D eigenvalue weighted by atomic mass is 10.1. The van der Waals surface area contributed by atoms with Gasteiger partial charge in [0.15, 0.2) is 0 Å². The first-order valence-electron chi connectivity index (χ1n) is 7.68. The van der Waals surface area contributed by atoms with Crippen molar-refractivity contribution in [3.8, 4) is 0 Å². The number of carbonyl (C=O) groups is 3. The first-order chi connectivity index (χ1) is 12.3. The minimum Gasteiger partial charge on any atom is -0.545 e. The molecule has 0 bridgehead atoms. The van der Waals surface area contributed by atoms with Gasteiger partial charge in [-0.2, -0.15) is 0 Å². The molecule has 0 saturated carbocycles. The third-order valence-electron chi connectivity index (χ3n) is 4.10. The monoisotopic (exact) mass is 359 g/mol. The van der Waals surface area contributed by atoms with Crippen LogP contribution in [0.1, 0.15) is 22.3 Å². The predicted molar refractivity (Wildman–Crippen MR) is 86.4 cm³/mol. The van der Waals surface area contributed by atoms with Gasteiger partial charge in [-0.1, -0.05) is 12.1 Å². The molecule has 1 fully saturated rings. The lowest BCUT2D eigenvalue weighted by molar-refractivity contribution is -0.255. The molecule has 3 rings (SSSR count). The van der Waals surface area contributed by atoms with Crippen LogP contribution in [0.5, 0.6) is 0 Å². The number of nitrogens with one attached hydrogen (secondary N) is 1. The number of hydrogen-bond donors (Lipinski definition) is 1. The lowest BCUT2D eigenvalue weighted by Gasteiger charge is -2.18. The smallest absolute Gasteiger partial charge is 0.256 e. The van der Waals surface area contributed by atoms with Crippen LogP contribution < -0.4 is 15.3 Å². The van der Waals surface area contributed by atoms with Crippen molar-refractivity contribution in [2.75, 3.05) is 10.2 Å². The standard InChI is InChI=1S/C18H14F2N2O4/c1-9-2-3-10(18(25)26)6-13(9)21-14-8-16(23)22(17(14)24)15-5-4-11(19)7-12(15)20/h2-7,14,21H,8H2,1H3,(H,25,26)/p-1/t14-/m1/s1. The summed E-state index contributed by atoms with van der Waals surface area (Å²) >= 11 is 0. The van der Waals surface area contributed by atoms with E-state index in [9.17, 15) is 28.3 Å². The quantitative estimate of drug-likeness (QED) is 0.833. The molecule has 2 amide bonds. The Kier molecular flexibility index (Phi) is 4.41. The number of amides is 2. The van der Waals surface area contributed by atoms with Gasteiger partial charge in [0.05, 0.1) is 18.1 Å². The van der Waals surface area contributed by atoms with Crippen molar-refractivity contribution in [1.82, 2.24) is 0 Å². The van der Waals surface area contributed by atoms with Gasteiger partial charge < -0.3 is 15.2 Å².